The van der Waals surface area contributed by atoms with Gasteiger partial charge in [0.15, 0.2) is 11.0 Å². The average Bonchev–Trinajstić information content (AvgIpc) is 3.31. The Morgan fingerprint density at radius 1 is 1.00 bits per heavy atom. The minimum atomic E-state index is -0.393. The van der Waals surface area contributed by atoms with Crippen LogP contribution < -0.4 is 10.9 Å². The summed E-state index contributed by atoms with van der Waals surface area (Å²) >= 11 is 1.20. The van der Waals surface area contributed by atoms with Crippen molar-refractivity contribution in [3.63, 3.8) is 0 Å². The van der Waals surface area contributed by atoms with Gasteiger partial charge < -0.3 is 0 Å². The van der Waals surface area contributed by atoms with Crippen molar-refractivity contribution in [1.29, 1.82) is 0 Å². The van der Waals surface area contributed by atoms with Gasteiger partial charge in [-0.05, 0) is 76.2 Å². The van der Waals surface area contributed by atoms with Crippen LogP contribution in [0, 0.1) is 12.7 Å². The molecule has 1 aliphatic heterocycles. The minimum Gasteiger partial charge on any atom is -0.294 e. The Morgan fingerprint density at radius 2 is 1.69 bits per heavy atom. The first kappa shape index (κ1) is 24.9. The zero-order valence-corrected chi connectivity index (χ0v) is 20.6. The minimum absolute atomic E-state index is 0.0184. The average molecular weight is 497 g/mol. The maximum absolute atomic E-state index is 13.6. The number of carbonyl (C=O) groups is 2. The summed E-state index contributed by atoms with van der Waals surface area (Å²) in [5.74, 6) is -0.337. The van der Waals surface area contributed by atoms with Gasteiger partial charge >= 0.3 is 0 Å². The fourth-order valence-corrected chi connectivity index (χ4v) is 4.78. The molecule has 0 bridgehead atoms. The van der Waals surface area contributed by atoms with Crippen molar-refractivity contribution in [1.82, 2.24) is 30.5 Å². The number of nitrogens with zero attached hydrogens (tertiary/aromatic N) is 4. The van der Waals surface area contributed by atoms with E-state index in [-0.39, 0.29) is 23.5 Å². The summed E-state index contributed by atoms with van der Waals surface area (Å²) in [7, 11) is 0. The van der Waals surface area contributed by atoms with Gasteiger partial charge in [-0.15, -0.1) is 10.2 Å². The fourth-order valence-electron chi connectivity index (χ4n) is 4.02. The smallest absolute Gasteiger partial charge is 0.269 e. The van der Waals surface area contributed by atoms with Crippen LogP contribution in [-0.2, 0) is 4.79 Å². The van der Waals surface area contributed by atoms with Crippen LogP contribution in [0.5, 0.6) is 0 Å². The molecule has 1 saturated heterocycles. The number of aromatic nitrogens is 3. The van der Waals surface area contributed by atoms with Gasteiger partial charge in [-0.3, -0.25) is 29.9 Å². The number of carbonyl (C=O) groups excluding carboxylic acids is 2. The van der Waals surface area contributed by atoms with Gasteiger partial charge in [-0.1, -0.05) is 35.9 Å². The zero-order valence-electron chi connectivity index (χ0n) is 19.8. The Bertz CT molecular complexity index is 1160. The third kappa shape index (κ3) is 6.26. The van der Waals surface area contributed by atoms with Crippen LogP contribution in [0.3, 0.4) is 0 Å². The normalized spacial score (nSPS) is 14.9. The lowest BCUT2D eigenvalue weighted by molar-refractivity contribution is -0.119. The van der Waals surface area contributed by atoms with E-state index in [1.54, 1.807) is 24.3 Å². The maximum Gasteiger partial charge on any atom is 0.269 e. The van der Waals surface area contributed by atoms with E-state index in [1.165, 1.54) is 30.3 Å². The molecule has 0 radical (unpaired) electrons. The maximum atomic E-state index is 13.6. The summed E-state index contributed by atoms with van der Waals surface area (Å²) in [6.07, 6.45) is 3.51. The molecule has 184 valence electrons. The lowest BCUT2D eigenvalue weighted by atomic mass is 10.1. The van der Waals surface area contributed by atoms with Gasteiger partial charge in [0.2, 0.25) is 5.91 Å². The largest absolute Gasteiger partial charge is 0.294 e. The molecule has 2 amide bonds. The van der Waals surface area contributed by atoms with E-state index in [9.17, 15) is 14.0 Å². The molecule has 35 heavy (non-hydrogen) atoms. The predicted octanol–water partition coefficient (Wildman–Crippen LogP) is 3.82. The van der Waals surface area contributed by atoms with Crippen LogP contribution >= 0.6 is 11.8 Å². The van der Waals surface area contributed by atoms with Gasteiger partial charge in [0.25, 0.3) is 5.91 Å². The molecular formula is C25H29FN6O2S. The summed E-state index contributed by atoms with van der Waals surface area (Å²) in [6.45, 7) is 6.01. The second-order valence-electron chi connectivity index (χ2n) is 8.58. The number of rotatable bonds is 7. The molecule has 1 aromatic heterocycles. The van der Waals surface area contributed by atoms with Gasteiger partial charge in [0.1, 0.15) is 5.82 Å². The first-order chi connectivity index (χ1) is 16.9. The highest BCUT2D eigenvalue weighted by atomic mass is 32.2. The SMILES string of the molecule is Cc1ccc(C(=O)NNC(=O)CSc2nnc([C@H](C)N3CCCCC3)n2-c2ccc(F)cc2)cc1. The van der Waals surface area contributed by atoms with E-state index < -0.39 is 5.91 Å². The number of piperidine rings is 1. The number of thioether (sulfide) groups is 1. The third-order valence-corrected chi connectivity index (χ3v) is 6.95. The van der Waals surface area contributed by atoms with Crippen LogP contribution in [0.15, 0.2) is 53.7 Å². The fraction of sp³-hybridized carbons (Fsp3) is 0.360. The number of aryl methyl sites for hydroxylation is 1. The van der Waals surface area contributed by atoms with Crippen molar-refractivity contribution in [3.05, 3.63) is 71.3 Å². The number of benzene rings is 2. The number of likely N-dealkylation sites (tertiary alicyclic amines) is 1. The molecule has 0 aliphatic carbocycles. The molecule has 1 atom stereocenters. The van der Waals surface area contributed by atoms with E-state index in [4.69, 9.17) is 0 Å². The Kier molecular flexibility index (Phi) is 8.14. The molecule has 2 aromatic carbocycles. The quantitative estimate of drug-likeness (QED) is 0.382. The zero-order chi connectivity index (χ0) is 24.8. The third-order valence-electron chi connectivity index (χ3n) is 6.02. The molecule has 10 heteroatoms. The van der Waals surface area contributed by atoms with Gasteiger partial charge in [0, 0.05) is 11.3 Å². The van der Waals surface area contributed by atoms with Crippen LogP contribution in [0.2, 0.25) is 0 Å². The Balaban J connectivity index is 1.45. The topological polar surface area (TPSA) is 92.2 Å². The van der Waals surface area contributed by atoms with Crippen molar-refractivity contribution >= 4 is 23.6 Å². The number of hydrogen-bond donors (Lipinski definition) is 2. The lowest BCUT2D eigenvalue weighted by Crippen LogP contribution is -2.42. The molecule has 1 aliphatic rings. The molecule has 0 spiro atoms. The molecule has 1 fully saturated rings. The second kappa shape index (κ2) is 11.5. The molecule has 4 rings (SSSR count). The molecule has 3 aromatic rings. The van der Waals surface area contributed by atoms with Crippen LogP contribution in [0.4, 0.5) is 4.39 Å². The number of nitrogens with one attached hydrogen (secondary N) is 2. The first-order valence-corrected chi connectivity index (χ1v) is 12.6. The van der Waals surface area contributed by atoms with Crippen molar-refractivity contribution < 1.29 is 14.0 Å². The van der Waals surface area contributed by atoms with Crippen LogP contribution in [-0.4, -0.2) is 50.3 Å². The molecule has 2 N–H and O–H groups in total. The molecule has 0 unspecified atom stereocenters. The summed E-state index contributed by atoms with van der Waals surface area (Å²) < 4.78 is 15.5. The van der Waals surface area contributed by atoms with Crippen LogP contribution in [0.1, 0.15) is 54.0 Å². The highest BCUT2D eigenvalue weighted by Crippen LogP contribution is 2.29. The Morgan fingerprint density at radius 3 is 2.37 bits per heavy atom. The van der Waals surface area contributed by atoms with Gasteiger partial charge in [-0.25, -0.2) is 4.39 Å². The van der Waals surface area contributed by atoms with E-state index in [1.807, 2.05) is 23.6 Å². The van der Waals surface area contributed by atoms with E-state index in [2.05, 4.69) is 32.9 Å². The van der Waals surface area contributed by atoms with Crippen molar-refractivity contribution in [2.75, 3.05) is 18.8 Å². The number of amides is 2. The summed E-state index contributed by atoms with van der Waals surface area (Å²) in [5, 5.41) is 9.31. The standard InChI is InChI=1S/C25H29FN6O2S/c1-17-6-8-19(9-7-17)24(34)29-27-22(33)16-35-25-30-28-23(18(2)31-14-4-3-5-15-31)32(25)21-12-10-20(26)11-13-21/h6-13,18H,3-5,14-16H2,1-2H3,(H,27,33)(H,29,34)/t18-/m0/s1. The predicted molar refractivity (Wildman–Crippen MR) is 133 cm³/mol. The van der Waals surface area contributed by atoms with Gasteiger partial charge in [-0.2, -0.15) is 0 Å². The van der Waals surface area contributed by atoms with Crippen molar-refractivity contribution in [3.8, 4) is 5.69 Å². The van der Waals surface area contributed by atoms with Crippen LogP contribution in [0.25, 0.3) is 5.69 Å². The highest BCUT2D eigenvalue weighted by molar-refractivity contribution is 7.99. The van der Waals surface area contributed by atoms with E-state index in [0.717, 1.165) is 43.0 Å². The summed E-state index contributed by atoms with van der Waals surface area (Å²) in [4.78, 5) is 27.0. The lowest BCUT2D eigenvalue weighted by Gasteiger charge is -2.31. The van der Waals surface area contributed by atoms with E-state index in [0.29, 0.717) is 10.7 Å². The molecular weight excluding hydrogens is 467 g/mol. The first-order valence-electron chi connectivity index (χ1n) is 11.7. The molecule has 2 heterocycles. The van der Waals surface area contributed by atoms with Crippen molar-refractivity contribution in [2.45, 2.75) is 44.3 Å². The molecule has 0 saturated carbocycles. The molecule has 8 nitrogen and oxygen atoms in total. The highest BCUT2D eigenvalue weighted by Gasteiger charge is 2.26. The Labute approximate surface area is 208 Å². The van der Waals surface area contributed by atoms with Crippen molar-refractivity contribution in [2.24, 2.45) is 0 Å². The Hall–Kier alpha value is -3.24. The number of hydrogen-bond acceptors (Lipinski definition) is 6. The monoisotopic (exact) mass is 496 g/mol. The summed E-state index contributed by atoms with van der Waals surface area (Å²) in [5.41, 5.74) is 7.09. The van der Waals surface area contributed by atoms with E-state index >= 15 is 0 Å². The summed E-state index contributed by atoms with van der Waals surface area (Å²) in [6, 6.07) is 13.2. The number of hydrazine groups is 1. The number of halogens is 1. The van der Waals surface area contributed by atoms with Gasteiger partial charge in [0.05, 0.1) is 11.8 Å². The second-order valence-corrected chi connectivity index (χ2v) is 9.52.